The molecular weight excluding hydrogens is 306 g/mol. The van der Waals surface area contributed by atoms with Crippen LogP contribution < -0.4 is 5.73 Å². The number of aliphatic hydroxyl groups is 1. The lowest BCUT2D eigenvalue weighted by atomic mass is 9.78. The predicted octanol–water partition coefficient (Wildman–Crippen LogP) is 5.36. The molecule has 0 aliphatic heterocycles. The average molecular weight is 340 g/mol. The zero-order chi connectivity index (χ0) is 17.6. The normalized spacial score (nSPS) is 17.8. The van der Waals surface area contributed by atoms with E-state index in [1.165, 1.54) is 11.1 Å². The second kappa shape index (κ2) is 9.55. The summed E-state index contributed by atoms with van der Waals surface area (Å²) in [4.78, 5) is 0. The van der Waals surface area contributed by atoms with E-state index in [1.54, 1.807) is 0 Å². The molecule has 0 amide bonds. The molecule has 0 bridgehead atoms. The van der Waals surface area contributed by atoms with Crippen LogP contribution in [0, 0.1) is 5.92 Å². The van der Waals surface area contributed by atoms with Crippen molar-refractivity contribution in [2.45, 2.75) is 46.1 Å². The van der Waals surface area contributed by atoms with Crippen molar-refractivity contribution in [1.29, 1.82) is 0 Å². The topological polar surface area (TPSA) is 46.2 Å². The molecule has 1 aromatic rings. The van der Waals surface area contributed by atoms with Crippen LogP contribution >= 0.6 is 0 Å². The summed E-state index contributed by atoms with van der Waals surface area (Å²) in [5.41, 5.74) is 9.47. The maximum absolute atomic E-state index is 11.1. The summed E-state index contributed by atoms with van der Waals surface area (Å²) in [5.74, 6) is 0.171. The molecule has 0 aromatic heterocycles. The third kappa shape index (κ3) is 4.59. The van der Waals surface area contributed by atoms with Gasteiger partial charge in [-0.3, -0.25) is 0 Å². The molecule has 1 aromatic carbocycles. The molecule has 1 atom stereocenters. The van der Waals surface area contributed by atoms with Crippen molar-refractivity contribution in [2.75, 3.05) is 6.54 Å². The summed E-state index contributed by atoms with van der Waals surface area (Å²) >= 11 is 0. The first kappa shape index (κ1) is 21.1. The Bertz CT molecular complexity index is 647. The Hall–Kier alpha value is -1.90. The van der Waals surface area contributed by atoms with E-state index in [2.05, 4.69) is 50.8 Å². The van der Waals surface area contributed by atoms with Crippen LogP contribution in [0.5, 0.6) is 0 Å². The maximum atomic E-state index is 11.1. The second-order valence-corrected chi connectivity index (χ2v) is 6.40. The summed E-state index contributed by atoms with van der Waals surface area (Å²) in [7, 11) is 0. The van der Waals surface area contributed by atoms with Crippen LogP contribution in [0.15, 0.2) is 66.8 Å². The van der Waals surface area contributed by atoms with Gasteiger partial charge in [0, 0.05) is 6.54 Å². The Morgan fingerprint density at radius 2 is 1.88 bits per heavy atom. The molecule has 1 aliphatic rings. The highest BCUT2D eigenvalue weighted by molar-refractivity contribution is 5.77. The number of hydrogen-bond donors (Lipinski definition) is 2. The highest BCUT2D eigenvalue weighted by Crippen LogP contribution is 2.34. The molecule has 2 nitrogen and oxygen atoms in total. The number of allylic oxidation sites excluding steroid dienone is 7. The lowest BCUT2D eigenvalue weighted by molar-refractivity contribution is -0.0190. The largest absolute Gasteiger partial charge is 0.384 e. The van der Waals surface area contributed by atoms with Gasteiger partial charge < -0.3 is 10.8 Å². The molecular formula is C23H33NO. The van der Waals surface area contributed by atoms with Gasteiger partial charge in [0.15, 0.2) is 0 Å². The van der Waals surface area contributed by atoms with Crippen molar-refractivity contribution in [3.05, 3.63) is 77.9 Å². The van der Waals surface area contributed by atoms with Crippen LogP contribution in [0.2, 0.25) is 0 Å². The molecule has 0 saturated carbocycles. The van der Waals surface area contributed by atoms with Gasteiger partial charge in [0.1, 0.15) is 5.60 Å². The van der Waals surface area contributed by atoms with Crippen LogP contribution in [0.25, 0.3) is 5.57 Å². The lowest BCUT2D eigenvalue weighted by Crippen LogP contribution is -2.41. The Morgan fingerprint density at radius 1 is 1.24 bits per heavy atom. The van der Waals surface area contributed by atoms with Gasteiger partial charge in [0.2, 0.25) is 0 Å². The van der Waals surface area contributed by atoms with Crippen LogP contribution in [0.1, 0.15) is 51.7 Å². The van der Waals surface area contributed by atoms with Crippen molar-refractivity contribution < 1.29 is 5.11 Å². The summed E-state index contributed by atoms with van der Waals surface area (Å²) in [6, 6.07) is 8.18. The third-order valence-corrected chi connectivity index (χ3v) is 5.01. The Labute approximate surface area is 153 Å². The number of benzene rings is 1. The van der Waals surface area contributed by atoms with Crippen molar-refractivity contribution in [2.24, 2.45) is 11.7 Å². The molecule has 1 aliphatic carbocycles. The van der Waals surface area contributed by atoms with E-state index in [4.69, 9.17) is 5.73 Å². The minimum Gasteiger partial charge on any atom is -0.384 e. The van der Waals surface area contributed by atoms with Crippen LogP contribution in [-0.2, 0) is 5.60 Å². The van der Waals surface area contributed by atoms with E-state index >= 15 is 0 Å². The molecule has 2 heteroatoms. The van der Waals surface area contributed by atoms with E-state index in [1.807, 2.05) is 24.3 Å². The Balaban J connectivity index is 0.00000312. The van der Waals surface area contributed by atoms with Crippen LogP contribution in [0.4, 0.5) is 0 Å². The molecule has 0 spiro atoms. The fraction of sp³-hybridized carbons (Fsp3) is 0.391. The fourth-order valence-corrected chi connectivity index (χ4v) is 3.51. The Kier molecular flexibility index (Phi) is 8.08. The first-order chi connectivity index (χ1) is 11.6. The third-order valence-electron chi connectivity index (χ3n) is 5.01. The van der Waals surface area contributed by atoms with E-state index in [0.717, 1.165) is 30.4 Å². The molecule has 0 radical (unpaired) electrons. The van der Waals surface area contributed by atoms with E-state index in [9.17, 15) is 5.11 Å². The zero-order valence-electron chi connectivity index (χ0n) is 14.8. The Morgan fingerprint density at radius 3 is 2.40 bits per heavy atom. The molecule has 0 heterocycles. The minimum absolute atomic E-state index is 0. The van der Waals surface area contributed by atoms with Gasteiger partial charge in [-0.15, -0.1) is 0 Å². The van der Waals surface area contributed by atoms with E-state index in [0.29, 0.717) is 0 Å². The van der Waals surface area contributed by atoms with Crippen LogP contribution in [0.3, 0.4) is 0 Å². The maximum Gasteiger partial charge on any atom is 0.105 e. The summed E-state index contributed by atoms with van der Waals surface area (Å²) in [6.07, 6.45) is 13.1. The monoisotopic (exact) mass is 339 g/mol. The lowest BCUT2D eigenvalue weighted by Gasteiger charge is -2.35. The molecule has 0 saturated heterocycles. The van der Waals surface area contributed by atoms with Crippen LogP contribution in [-0.4, -0.2) is 11.7 Å². The first-order valence-electron chi connectivity index (χ1n) is 8.82. The van der Waals surface area contributed by atoms with Crippen molar-refractivity contribution in [3.63, 3.8) is 0 Å². The smallest absolute Gasteiger partial charge is 0.105 e. The SMILES string of the molecule is C.C=C/C=C1/C=C(c2ccc(C(O)(CN)C(CC)CC)cc2)C=CC1. The number of hydrogen-bond acceptors (Lipinski definition) is 2. The van der Waals surface area contributed by atoms with Gasteiger partial charge in [0.25, 0.3) is 0 Å². The molecule has 2 rings (SSSR count). The molecule has 136 valence electrons. The predicted molar refractivity (Wildman–Crippen MR) is 110 cm³/mol. The average Bonchev–Trinajstić information content (AvgIpc) is 2.63. The summed E-state index contributed by atoms with van der Waals surface area (Å²) in [5, 5.41) is 11.1. The van der Waals surface area contributed by atoms with Crippen molar-refractivity contribution in [3.8, 4) is 0 Å². The van der Waals surface area contributed by atoms with Gasteiger partial charge in [-0.1, -0.05) is 95.3 Å². The molecule has 3 N–H and O–H groups in total. The molecule has 0 fully saturated rings. The highest BCUT2D eigenvalue weighted by atomic mass is 16.3. The quantitative estimate of drug-likeness (QED) is 0.702. The van der Waals surface area contributed by atoms with Gasteiger partial charge in [-0.25, -0.2) is 0 Å². The van der Waals surface area contributed by atoms with Crippen molar-refractivity contribution >= 4 is 5.57 Å². The molecule has 25 heavy (non-hydrogen) atoms. The van der Waals surface area contributed by atoms with Gasteiger partial charge in [0.05, 0.1) is 0 Å². The summed E-state index contributed by atoms with van der Waals surface area (Å²) in [6.45, 7) is 8.22. The van der Waals surface area contributed by atoms with Gasteiger partial charge in [-0.05, 0) is 34.6 Å². The fourth-order valence-electron chi connectivity index (χ4n) is 3.51. The minimum atomic E-state index is -0.952. The van der Waals surface area contributed by atoms with E-state index < -0.39 is 5.60 Å². The standard InChI is InChI=1S/C22H29NO.CH4/c1-4-8-17-9-7-10-19(15-17)18-11-13-21(14-12-18)22(24,16-23)20(5-2)6-3;/h4,7-8,10-15,20,24H,1,5-6,9,16,23H2,2-3H3;1H4/b17-8+;. The van der Waals surface area contributed by atoms with Gasteiger partial charge >= 0.3 is 0 Å². The highest BCUT2D eigenvalue weighted by Gasteiger charge is 2.34. The number of rotatable bonds is 7. The van der Waals surface area contributed by atoms with E-state index in [-0.39, 0.29) is 19.9 Å². The number of nitrogens with two attached hydrogens (primary N) is 1. The van der Waals surface area contributed by atoms with Gasteiger partial charge in [-0.2, -0.15) is 0 Å². The summed E-state index contributed by atoms with van der Waals surface area (Å²) < 4.78 is 0. The first-order valence-corrected chi connectivity index (χ1v) is 8.82. The molecule has 1 unspecified atom stereocenters. The second-order valence-electron chi connectivity index (χ2n) is 6.40. The van der Waals surface area contributed by atoms with Crippen molar-refractivity contribution in [1.82, 2.24) is 0 Å². The zero-order valence-corrected chi connectivity index (χ0v) is 14.8.